The lowest BCUT2D eigenvalue weighted by Crippen LogP contribution is -2.50. The molecule has 1 aliphatic heterocycles. The van der Waals surface area contributed by atoms with E-state index in [1.165, 1.54) is 38.8 Å². The zero-order valence-electron chi connectivity index (χ0n) is 12.7. The average molecular weight is 256 g/mol. The largest absolute Gasteiger partial charge is 0.394 e. The first-order valence-electron chi connectivity index (χ1n) is 7.58. The molecule has 0 aliphatic carbocycles. The van der Waals surface area contributed by atoms with Gasteiger partial charge in [0.05, 0.1) is 6.61 Å². The number of nitrogens with zero attached hydrogens (tertiary/aromatic N) is 1. The van der Waals surface area contributed by atoms with E-state index in [2.05, 4.69) is 31.0 Å². The van der Waals surface area contributed by atoms with Crippen molar-refractivity contribution in [3.05, 3.63) is 0 Å². The summed E-state index contributed by atoms with van der Waals surface area (Å²) < 4.78 is 0. The minimum Gasteiger partial charge on any atom is -0.394 e. The molecule has 0 saturated carbocycles. The monoisotopic (exact) mass is 256 g/mol. The number of hydrogen-bond acceptors (Lipinski definition) is 3. The van der Waals surface area contributed by atoms with Crippen molar-refractivity contribution in [3.63, 3.8) is 0 Å². The Labute approximate surface area is 113 Å². The molecular formula is C15H32N2O. The quantitative estimate of drug-likeness (QED) is 0.733. The number of nitrogens with one attached hydrogen (secondary N) is 1. The molecule has 0 aromatic heterocycles. The van der Waals surface area contributed by atoms with E-state index in [4.69, 9.17) is 0 Å². The van der Waals surface area contributed by atoms with Crippen LogP contribution in [0, 0.1) is 5.92 Å². The third kappa shape index (κ3) is 4.52. The van der Waals surface area contributed by atoms with Crippen LogP contribution in [-0.4, -0.2) is 48.3 Å². The molecule has 2 N–H and O–H groups in total. The zero-order valence-corrected chi connectivity index (χ0v) is 12.7. The predicted octanol–water partition coefficient (Wildman–Crippen LogP) is 2.25. The Balaban J connectivity index is 2.38. The van der Waals surface area contributed by atoms with E-state index in [1.54, 1.807) is 0 Å². The summed E-state index contributed by atoms with van der Waals surface area (Å²) in [6, 6.07) is 0.553. The minimum atomic E-state index is -0.139. The van der Waals surface area contributed by atoms with E-state index in [0.29, 0.717) is 6.04 Å². The summed E-state index contributed by atoms with van der Waals surface area (Å²) in [5.41, 5.74) is -0.139. The maximum absolute atomic E-state index is 9.46. The highest BCUT2D eigenvalue weighted by atomic mass is 16.3. The molecule has 1 aliphatic rings. The molecule has 1 saturated heterocycles. The van der Waals surface area contributed by atoms with E-state index in [0.717, 1.165) is 12.3 Å². The van der Waals surface area contributed by atoms with Gasteiger partial charge in [0, 0.05) is 11.6 Å². The molecule has 0 amide bonds. The van der Waals surface area contributed by atoms with Crippen LogP contribution >= 0.6 is 0 Å². The Morgan fingerprint density at radius 3 is 2.44 bits per heavy atom. The summed E-state index contributed by atoms with van der Waals surface area (Å²) in [4.78, 5) is 2.59. The molecule has 2 atom stereocenters. The fraction of sp³-hybridized carbons (Fsp3) is 1.00. The summed E-state index contributed by atoms with van der Waals surface area (Å²) >= 11 is 0. The molecule has 2 unspecified atom stereocenters. The van der Waals surface area contributed by atoms with Crippen LogP contribution in [-0.2, 0) is 0 Å². The Morgan fingerprint density at radius 2 is 2.00 bits per heavy atom. The normalized spacial score (nSPS) is 23.8. The first-order valence-corrected chi connectivity index (χ1v) is 7.58. The second kappa shape index (κ2) is 7.46. The zero-order chi connectivity index (χ0) is 13.6. The van der Waals surface area contributed by atoms with Gasteiger partial charge in [-0.05, 0) is 59.2 Å². The topological polar surface area (TPSA) is 35.5 Å². The Morgan fingerprint density at radius 1 is 1.39 bits per heavy atom. The van der Waals surface area contributed by atoms with Crippen molar-refractivity contribution in [1.29, 1.82) is 0 Å². The van der Waals surface area contributed by atoms with Gasteiger partial charge in [-0.15, -0.1) is 0 Å². The first kappa shape index (κ1) is 15.9. The van der Waals surface area contributed by atoms with Crippen LogP contribution in [0.3, 0.4) is 0 Å². The highest BCUT2D eigenvalue weighted by Crippen LogP contribution is 2.25. The molecule has 0 bridgehead atoms. The van der Waals surface area contributed by atoms with Crippen molar-refractivity contribution in [2.75, 3.05) is 26.7 Å². The molecular weight excluding hydrogens is 224 g/mol. The first-order chi connectivity index (χ1) is 8.54. The van der Waals surface area contributed by atoms with Gasteiger partial charge in [-0.2, -0.15) is 0 Å². The lowest BCUT2D eigenvalue weighted by atomic mass is 9.89. The van der Waals surface area contributed by atoms with E-state index in [-0.39, 0.29) is 12.1 Å². The fourth-order valence-corrected chi connectivity index (χ4v) is 3.12. The number of likely N-dealkylation sites (N-methyl/N-ethyl adjacent to an activating group) is 1. The highest BCUT2D eigenvalue weighted by molar-refractivity contribution is 4.87. The maximum atomic E-state index is 9.46. The standard InChI is InChI=1S/C15H32N2O/c1-5-6-14-7-9-17(10-8-14)13(2)11-15(3,12-18)16-4/h13-14,16,18H,5-12H2,1-4H3. The van der Waals surface area contributed by atoms with Crippen molar-refractivity contribution < 1.29 is 5.11 Å². The van der Waals surface area contributed by atoms with Crippen molar-refractivity contribution in [2.24, 2.45) is 5.92 Å². The molecule has 3 heteroatoms. The van der Waals surface area contributed by atoms with Crippen molar-refractivity contribution in [3.8, 4) is 0 Å². The van der Waals surface area contributed by atoms with Gasteiger partial charge in [-0.1, -0.05) is 19.8 Å². The van der Waals surface area contributed by atoms with E-state index < -0.39 is 0 Å². The van der Waals surface area contributed by atoms with Crippen molar-refractivity contribution >= 4 is 0 Å². The third-order valence-electron chi connectivity index (χ3n) is 4.67. The molecule has 18 heavy (non-hydrogen) atoms. The second-order valence-electron chi connectivity index (χ2n) is 6.29. The van der Waals surface area contributed by atoms with E-state index in [9.17, 15) is 5.11 Å². The van der Waals surface area contributed by atoms with Gasteiger partial charge in [0.25, 0.3) is 0 Å². The molecule has 0 spiro atoms. The number of hydrogen-bond donors (Lipinski definition) is 2. The van der Waals surface area contributed by atoms with Crippen LogP contribution in [0.15, 0.2) is 0 Å². The van der Waals surface area contributed by atoms with Crippen LogP contribution in [0.5, 0.6) is 0 Å². The summed E-state index contributed by atoms with van der Waals surface area (Å²) in [6.07, 6.45) is 6.44. The van der Waals surface area contributed by atoms with Crippen LogP contribution < -0.4 is 5.32 Å². The molecule has 3 nitrogen and oxygen atoms in total. The Bertz CT molecular complexity index is 221. The molecule has 0 aromatic carbocycles. The van der Waals surface area contributed by atoms with Gasteiger partial charge in [-0.25, -0.2) is 0 Å². The van der Waals surface area contributed by atoms with Crippen molar-refractivity contribution in [1.82, 2.24) is 10.2 Å². The molecule has 0 aromatic rings. The molecule has 108 valence electrons. The minimum absolute atomic E-state index is 0.139. The average Bonchev–Trinajstić information content (AvgIpc) is 2.39. The summed E-state index contributed by atoms with van der Waals surface area (Å²) in [6.45, 7) is 9.36. The van der Waals surface area contributed by atoms with E-state index in [1.807, 2.05) is 7.05 Å². The summed E-state index contributed by atoms with van der Waals surface area (Å²) in [5.74, 6) is 0.951. The third-order valence-corrected chi connectivity index (χ3v) is 4.67. The van der Waals surface area contributed by atoms with Crippen LogP contribution in [0.2, 0.25) is 0 Å². The van der Waals surface area contributed by atoms with Gasteiger partial charge in [0.15, 0.2) is 0 Å². The van der Waals surface area contributed by atoms with Gasteiger partial charge in [0.2, 0.25) is 0 Å². The number of piperidine rings is 1. The van der Waals surface area contributed by atoms with E-state index >= 15 is 0 Å². The number of aliphatic hydroxyl groups is 1. The van der Waals surface area contributed by atoms with Crippen LogP contribution in [0.4, 0.5) is 0 Å². The summed E-state index contributed by atoms with van der Waals surface area (Å²) in [5, 5.41) is 12.7. The highest BCUT2D eigenvalue weighted by Gasteiger charge is 2.28. The predicted molar refractivity (Wildman–Crippen MR) is 77.8 cm³/mol. The Kier molecular flexibility index (Phi) is 6.61. The SMILES string of the molecule is CCCC1CCN(C(C)CC(C)(CO)NC)CC1. The molecule has 1 fully saturated rings. The van der Waals surface area contributed by atoms with Crippen LogP contribution in [0.1, 0.15) is 52.9 Å². The smallest absolute Gasteiger partial charge is 0.0611 e. The second-order valence-corrected chi connectivity index (χ2v) is 6.29. The van der Waals surface area contributed by atoms with Gasteiger partial charge >= 0.3 is 0 Å². The van der Waals surface area contributed by atoms with Crippen molar-refractivity contribution in [2.45, 2.75) is 64.5 Å². The van der Waals surface area contributed by atoms with Gasteiger partial charge < -0.3 is 15.3 Å². The van der Waals surface area contributed by atoms with Crippen LogP contribution in [0.25, 0.3) is 0 Å². The molecule has 1 rings (SSSR count). The maximum Gasteiger partial charge on any atom is 0.0611 e. The Hall–Kier alpha value is -0.120. The van der Waals surface area contributed by atoms with Gasteiger partial charge in [0.1, 0.15) is 0 Å². The fourth-order valence-electron chi connectivity index (χ4n) is 3.12. The number of likely N-dealkylation sites (tertiary alicyclic amines) is 1. The number of aliphatic hydroxyl groups excluding tert-OH is 1. The van der Waals surface area contributed by atoms with Gasteiger partial charge in [-0.3, -0.25) is 0 Å². The summed E-state index contributed by atoms with van der Waals surface area (Å²) in [7, 11) is 1.94. The molecule has 1 heterocycles. The molecule has 0 radical (unpaired) electrons. The lowest BCUT2D eigenvalue weighted by molar-refractivity contribution is 0.0915. The lowest BCUT2D eigenvalue weighted by Gasteiger charge is -2.39. The number of rotatable bonds is 7.